The first-order valence-corrected chi connectivity index (χ1v) is 6.40. The summed E-state index contributed by atoms with van der Waals surface area (Å²) in [5.41, 5.74) is 7.69. The maximum Gasteiger partial charge on any atom is 0.161 e. The zero-order valence-corrected chi connectivity index (χ0v) is 11.8. The summed E-state index contributed by atoms with van der Waals surface area (Å²) in [5.74, 6) is 2.21. The van der Waals surface area contributed by atoms with Crippen LogP contribution in [0.25, 0.3) is 0 Å². The summed E-state index contributed by atoms with van der Waals surface area (Å²) in [6, 6.07) is 13.5. The molecule has 0 atom stereocenters. The third-order valence-electron chi connectivity index (χ3n) is 3.03. The van der Waals surface area contributed by atoms with Crippen molar-refractivity contribution < 1.29 is 14.2 Å². The minimum absolute atomic E-state index is 0.456. The van der Waals surface area contributed by atoms with Crippen molar-refractivity contribution in [2.75, 3.05) is 14.2 Å². The molecule has 0 unspecified atom stereocenters. The van der Waals surface area contributed by atoms with Crippen molar-refractivity contribution in [1.82, 2.24) is 0 Å². The molecule has 0 aliphatic rings. The molecule has 0 aromatic heterocycles. The van der Waals surface area contributed by atoms with Gasteiger partial charge >= 0.3 is 0 Å². The van der Waals surface area contributed by atoms with Crippen molar-refractivity contribution in [3.05, 3.63) is 53.6 Å². The fourth-order valence-corrected chi connectivity index (χ4v) is 1.94. The number of para-hydroxylation sites is 1. The molecule has 0 bridgehead atoms. The van der Waals surface area contributed by atoms with Crippen LogP contribution in [0.5, 0.6) is 17.2 Å². The SMILES string of the molecule is COc1ccc(COc2ccccc2CN)cc1OC. The highest BCUT2D eigenvalue weighted by Crippen LogP contribution is 2.28. The molecule has 0 saturated heterocycles. The molecule has 4 heteroatoms. The molecule has 0 aliphatic heterocycles. The molecule has 2 rings (SSSR count). The molecule has 0 amide bonds. The number of hydrogen-bond donors (Lipinski definition) is 1. The Hall–Kier alpha value is -2.20. The molecule has 0 spiro atoms. The maximum absolute atomic E-state index is 5.81. The average Bonchev–Trinajstić information content (AvgIpc) is 2.52. The van der Waals surface area contributed by atoms with Gasteiger partial charge in [0.2, 0.25) is 0 Å². The lowest BCUT2D eigenvalue weighted by atomic mass is 10.2. The van der Waals surface area contributed by atoms with Crippen LogP contribution in [0.3, 0.4) is 0 Å². The van der Waals surface area contributed by atoms with Crippen molar-refractivity contribution in [1.29, 1.82) is 0 Å². The normalized spacial score (nSPS) is 10.2. The highest BCUT2D eigenvalue weighted by molar-refractivity contribution is 5.43. The molecule has 2 N–H and O–H groups in total. The maximum atomic E-state index is 5.81. The van der Waals surface area contributed by atoms with Gasteiger partial charge in [-0.25, -0.2) is 0 Å². The number of ether oxygens (including phenoxy) is 3. The van der Waals surface area contributed by atoms with E-state index < -0.39 is 0 Å². The Morgan fingerprint density at radius 3 is 2.35 bits per heavy atom. The van der Waals surface area contributed by atoms with E-state index in [9.17, 15) is 0 Å². The Morgan fingerprint density at radius 2 is 1.65 bits per heavy atom. The second-order valence-corrected chi connectivity index (χ2v) is 4.29. The van der Waals surface area contributed by atoms with Crippen molar-refractivity contribution in [2.45, 2.75) is 13.2 Å². The van der Waals surface area contributed by atoms with Crippen molar-refractivity contribution in [3.8, 4) is 17.2 Å². The van der Waals surface area contributed by atoms with Gasteiger partial charge < -0.3 is 19.9 Å². The fourth-order valence-electron chi connectivity index (χ4n) is 1.94. The van der Waals surface area contributed by atoms with Gasteiger partial charge in [0.15, 0.2) is 11.5 Å². The van der Waals surface area contributed by atoms with Gasteiger partial charge in [-0.15, -0.1) is 0 Å². The van der Waals surface area contributed by atoms with E-state index >= 15 is 0 Å². The summed E-state index contributed by atoms with van der Waals surface area (Å²) in [7, 11) is 3.23. The average molecular weight is 273 g/mol. The van der Waals surface area contributed by atoms with Crippen LogP contribution >= 0.6 is 0 Å². The summed E-state index contributed by atoms with van der Waals surface area (Å²) >= 11 is 0. The summed E-state index contributed by atoms with van der Waals surface area (Å²) < 4.78 is 16.3. The number of methoxy groups -OCH3 is 2. The minimum Gasteiger partial charge on any atom is -0.493 e. The summed E-state index contributed by atoms with van der Waals surface area (Å²) in [6.07, 6.45) is 0. The Bertz CT molecular complexity index is 569. The summed E-state index contributed by atoms with van der Waals surface area (Å²) in [5, 5.41) is 0. The largest absolute Gasteiger partial charge is 0.493 e. The fraction of sp³-hybridized carbons (Fsp3) is 0.250. The molecule has 0 fully saturated rings. The van der Waals surface area contributed by atoms with E-state index in [-0.39, 0.29) is 0 Å². The van der Waals surface area contributed by atoms with Crippen LogP contribution < -0.4 is 19.9 Å². The van der Waals surface area contributed by atoms with Crippen LogP contribution in [-0.4, -0.2) is 14.2 Å². The zero-order chi connectivity index (χ0) is 14.4. The molecule has 0 radical (unpaired) electrons. The topological polar surface area (TPSA) is 53.7 Å². The Kier molecular flexibility index (Phi) is 4.85. The van der Waals surface area contributed by atoms with E-state index in [2.05, 4.69) is 0 Å². The standard InChI is InChI=1S/C16H19NO3/c1-18-15-8-7-12(9-16(15)19-2)11-20-14-6-4-3-5-13(14)10-17/h3-9H,10-11,17H2,1-2H3. The first-order valence-electron chi connectivity index (χ1n) is 6.40. The lowest BCUT2D eigenvalue weighted by Crippen LogP contribution is -2.03. The van der Waals surface area contributed by atoms with Crippen LogP contribution in [0.2, 0.25) is 0 Å². The molecule has 0 aliphatic carbocycles. The monoisotopic (exact) mass is 273 g/mol. The van der Waals surface area contributed by atoms with E-state index in [1.807, 2.05) is 42.5 Å². The second-order valence-electron chi connectivity index (χ2n) is 4.29. The first-order chi connectivity index (χ1) is 9.78. The lowest BCUT2D eigenvalue weighted by molar-refractivity contribution is 0.301. The highest BCUT2D eigenvalue weighted by Gasteiger charge is 2.06. The van der Waals surface area contributed by atoms with E-state index in [0.717, 1.165) is 16.9 Å². The molecule has 4 nitrogen and oxygen atoms in total. The van der Waals surface area contributed by atoms with E-state index in [4.69, 9.17) is 19.9 Å². The van der Waals surface area contributed by atoms with Gasteiger partial charge in [0.05, 0.1) is 14.2 Å². The molecule has 106 valence electrons. The molecule has 0 saturated carbocycles. The third kappa shape index (κ3) is 3.22. The highest BCUT2D eigenvalue weighted by atomic mass is 16.5. The van der Waals surface area contributed by atoms with E-state index in [0.29, 0.717) is 24.7 Å². The van der Waals surface area contributed by atoms with E-state index in [1.54, 1.807) is 14.2 Å². The van der Waals surface area contributed by atoms with Gasteiger partial charge in [-0.1, -0.05) is 24.3 Å². The van der Waals surface area contributed by atoms with E-state index in [1.165, 1.54) is 0 Å². The second kappa shape index (κ2) is 6.82. The smallest absolute Gasteiger partial charge is 0.161 e. The Morgan fingerprint density at radius 1 is 0.900 bits per heavy atom. The quantitative estimate of drug-likeness (QED) is 0.879. The predicted molar refractivity (Wildman–Crippen MR) is 78.2 cm³/mol. The molecular weight excluding hydrogens is 254 g/mol. The molecule has 2 aromatic carbocycles. The van der Waals surface area contributed by atoms with Gasteiger partial charge in [0, 0.05) is 12.1 Å². The number of hydrogen-bond acceptors (Lipinski definition) is 4. The Labute approximate surface area is 119 Å². The Balaban J connectivity index is 2.11. The van der Waals surface area contributed by atoms with Crippen molar-refractivity contribution in [3.63, 3.8) is 0 Å². The van der Waals surface area contributed by atoms with Gasteiger partial charge in [-0.05, 0) is 23.8 Å². The molecular formula is C16H19NO3. The van der Waals surface area contributed by atoms with Crippen LogP contribution in [0, 0.1) is 0 Å². The first kappa shape index (κ1) is 14.2. The van der Waals surface area contributed by atoms with Crippen LogP contribution in [0.1, 0.15) is 11.1 Å². The van der Waals surface area contributed by atoms with Gasteiger partial charge in [-0.3, -0.25) is 0 Å². The third-order valence-corrected chi connectivity index (χ3v) is 3.03. The number of benzene rings is 2. The predicted octanol–water partition coefficient (Wildman–Crippen LogP) is 2.74. The lowest BCUT2D eigenvalue weighted by Gasteiger charge is -2.12. The van der Waals surface area contributed by atoms with Crippen LogP contribution in [0.15, 0.2) is 42.5 Å². The number of nitrogens with two attached hydrogens (primary N) is 1. The van der Waals surface area contributed by atoms with Crippen LogP contribution in [0.4, 0.5) is 0 Å². The minimum atomic E-state index is 0.456. The van der Waals surface area contributed by atoms with Gasteiger partial charge in [0.1, 0.15) is 12.4 Å². The van der Waals surface area contributed by atoms with Crippen molar-refractivity contribution >= 4 is 0 Å². The van der Waals surface area contributed by atoms with Crippen LogP contribution in [-0.2, 0) is 13.2 Å². The molecule has 20 heavy (non-hydrogen) atoms. The van der Waals surface area contributed by atoms with Crippen molar-refractivity contribution in [2.24, 2.45) is 5.73 Å². The van der Waals surface area contributed by atoms with Gasteiger partial charge in [0.25, 0.3) is 0 Å². The summed E-state index contributed by atoms with van der Waals surface area (Å²) in [6.45, 7) is 0.916. The molecule has 0 heterocycles. The number of rotatable bonds is 6. The zero-order valence-electron chi connectivity index (χ0n) is 11.8. The summed E-state index contributed by atoms with van der Waals surface area (Å²) in [4.78, 5) is 0. The van der Waals surface area contributed by atoms with Gasteiger partial charge in [-0.2, -0.15) is 0 Å². The molecule has 2 aromatic rings.